The molecule has 12 heavy (non-hydrogen) atoms. The van der Waals surface area contributed by atoms with Crippen molar-refractivity contribution in [2.24, 2.45) is 5.73 Å². The molecule has 0 aromatic heterocycles. The Morgan fingerprint density at radius 1 is 1.58 bits per heavy atom. The number of nitrogens with one attached hydrogen (secondary N) is 1. The molecule has 3 N–H and O–H groups in total. The van der Waals surface area contributed by atoms with Gasteiger partial charge in [0.1, 0.15) is 0 Å². The number of ether oxygens (including phenoxy) is 1. The van der Waals surface area contributed by atoms with Crippen LogP contribution < -0.4 is 11.1 Å². The maximum atomic E-state index is 5.57. The smallest absolute Gasteiger partial charge is 0.0699 e. The Labute approximate surface area is 74.7 Å². The largest absolute Gasteiger partial charge is 0.377 e. The maximum absolute atomic E-state index is 5.57. The van der Waals surface area contributed by atoms with Crippen LogP contribution in [0.2, 0.25) is 0 Å². The van der Waals surface area contributed by atoms with E-state index in [-0.39, 0.29) is 0 Å². The molecule has 0 aromatic carbocycles. The summed E-state index contributed by atoms with van der Waals surface area (Å²) in [7, 11) is 0. The minimum absolute atomic E-state index is 0.413. The van der Waals surface area contributed by atoms with E-state index in [1.54, 1.807) is 0 Å². The molecule has 3 heteroatoms. The molecule has 1 aliphatic heterocycles. The third-order valence-corrected chi connectivity index (χ3v) is 2.32. The van der Waals surface area contributed by atoms with Crippen molar-refractivity contribution in [1.82, 2.24) is 5.32 Å². The van der Waals surface area contributed by atoms with Gasteiger partial charge in [0, 0.05) is 25.7 Å². The molecule has 0 bridgehead atoms. The molecule has 2 atom stereocenters. The average molecular weight is 172 g/mol. The SMILES string of the molecule is CC(CN)NCC1CCCCO1. The summed E-state index contributed by atoms with van der Waals surface area (Å²) >= 11 is 0. The maximum Gasteiger partial charge on any atom is 0.0699 e. The second kappa shape index (κ2) is 5.51. The highest BCUT2D eigenvalue weighted by Gasteiger charge is 2.13. The summed E-state index contributed by atoms with van der Waals surface area (Å²) < 4.78 is 5.57. The number of nitrogens with two attached hydrogens (primary N) is 1. The summed E-state index contributed by atoms with van der Waals surface area (Å²) in [6, 6.07) is 0.413. The molecule has 0 aromatic rings. The van der Waals surface area contributed by atoms with Gasteiger partial charge in [0.25, 0.3) is 0 Å². The van der Waals surface area contributed by atoms with Gasteiger partial charge in [-0.15, -0.1) is 0 Å². The van der Waals surface area contributed by atoms with E-state index in [0.717, 1.165) is 13.2 Å². The van der Waals surface area contributed by atoms with Crippen LogP contribution in [-0.4, -0.2) is 31.8 Å². The molecule has 72 valence electrons. The lowest BCUT2D eigenvalue weighted by Crippen LogP contribution is -2.40. The first kappa shape index (κ1) is 9.96. The molecule has 1 rings (SSSR count). The third kappa shape index (κ3) is 3.52. The average Bonchev–Trinajstić information content (AvgIpc) is 2.16. The van der Waals surface area contributed by atoms with Crippen molar-refractivity contribution < 1.29 is 4.74 Å². The van der Waals surface area contributed by atoms with Crippen LogP contribution in [0.15, 0.2) is 0 Å². The number of rotatable bonds is 4. The van der Waals surface area contributed by atoms with E-state index < -0.39 is 0 Å². The van der Waals surface area contributed by atoms with Gasteiger partial charge in [-0.3, -0.25) is 0 Å². The first-order valence-electron chi connectivity index (χ1n) is 4.88. The van der Waals surface area contributed by atoms with Crippen molar-refractivity contribution in [3.05, 3.63) is 0 Å². The Kier molecular flexibility index (Phi) is 4.58. The van der Waals surface area contributed by atoms with Crippen LogP contribution in [0, 0.1) is 0 Å². The number of hydrogen-bond donors (Lipinski definition) is 2. The molecule has 3 nitrogen and oxygen atoms in total. The van der Waals surface area contributed by atoms with E-state index in [0.29, 0.717) is 18.7 Å². The van der Waals surface area contributed by atoms with Gasteiger partial charge in [0.15, 0.2) is 0 Å². The van der Waals surface area contributed by atoms with E-state index in [9.17, 15) is 0 Å². The molecule has 0 amide bonds. The molecule has 1 aliphatic rings. The molecular formula is C9H20N2O. The zero-order valence-corrected chi connectivity index (χ0v) is 7.88. The fraction of sp³-hybridized carbons (Fsp3) is 1.00. The normalized spacial score (nSPS) is 27.0. The Balaban J connectivity index is 2.05. The Morgan fingerprint density at radius 2 is 2.42 bits per heavy atom. The summed E-state index contributed by atoms with van der Waals surface area (Å²) in [6.45, 7) is 4.69. The fourth-order valence-electron chi connectivity index (χ4n) is 1.38. The van der Waals surface area contributed by atoms with E-state index >= 15 is 0 Å². The van der Waals surface area contributed by atoms with Crippen LogP contribution in [-0.2, 0) is 4.74 Å². The monoisotopic (exact) mass is 172 g/mol. The van der Waals surface area contributed by atoms with Gasteiger partial charge in [-0.05, 0) is 26.2 Å². The predicted octanol–water partition coefficient (Wildman–Crippen LogP) is 0.492. The van der Waals surface area contributed by atoms with Crippen molar-refractivity contribution >= 4 is 0 Å². The highest BCUT2D eigenvalue weighted by molar-refractivity contribution is 4.69. The summed E-state index contributed by atoms with van der Waals surface area (Å²) in [5.74, 6) is 0. The van der Waals surface area contributed by atoms with Crippen LogP contribution in [0.25, 0.3) is 0 Å². The zero-order valence-electron chi connectivity index (χ0n) is 7.88. The second-order valence-corrected chi connectivity index (χ2v) is 3.53. The lowest BCUT2D eigenvalue weighted by atomic mass is 10.1. The van der Waals surface area contributed by atoms with Gasteiger partial charge in [-0.1, -0.05) is 0 Å². The standard InChI is InChI=1S/C9H20N2O/c1-8(6-10)11-7-9-4-2-3-5-12-9/h8-9,11H,2-7,10H2,1H3. The Hall–Kier alpha value is -0.120. The summed E-state index contributed by atoms with van der Waals surface area (Å²) in [6.07, 6.45) is 4.16. The Morgan fingerprint density at radius 3 is 3.00 bits per heavy atom. The fourth-order valence-corrected chi connectivity index (χ4v) is 1.38. The summed E-state index contributed by atoms with van der Waals surface area (Å²) in [5, 5.41) is 3.35. The molecule has 2 unspecified atom stereocenters. The minimum atomic E-state index is 0.413. The molecule has 0 saturated carbocycles. The highest BCUT2D eigenvalue weighted by Crippen LogP contribution is 2.11. The lowest BCUT2D eigenvalue weighted by Gasteiger charge is -2.24. The van der Waals surface area contributed by atoms with Crippen LogP contribution in [0.4, 0.5) is 0 Å². The predicted molar refractivity (Wildman–Crippen MR) is 50.1 cm³/mol. The zero-order chi connectivity index (χ0) is 8.81. The highest BCUT2D eigenvalue weighted by atomic mass is 16.5. The van der Waals surface area contributed by atoms with Crippen LogP contribution in [0.1, 0.15) is 26.2 Å². The van der Waals surface area contributed by atoms with E-state index in [4.69, 9.17) is 10.5 Å². The molecule has 1 fully saturated rings. The topological polar surface area (TPSA) is 47.3 Å². The third-order valence-electron chi connectivity index (χ3n) is 2.32. The van der Waals surface area contributed by atoms with E-state index in [1.165, 1.54) is 19.3 Å². The molecule has 0 aliphatic carbocycles. The van der Waals surface area contributed by atoms with Gasteiger partial charge in [-0.2, -0.15) is 0 Å². The quantitative estimate of drug-likeness (QED) is 0.649. The first-order valence-corrected chi connectivity index (χ1v) is 4.88. The minimum Gasteiger partial charge on any atom is -0.377 e. The Bertz CT molecular complexity index is 113. The van der Waals surface area contributed by atoms with Gasteiger partial charge in [0.2, 0.25) is 0 Å². The van der Waals surface area contributed by atoms with Crippen LogP contribution >= 0.6 is 0 Å². The summed E-state index contributed by atoms with van der Waals surface area (Å²) in [4.78, 5) is 0. The van der Waals surface area contributed by atoms with Crippen LogP contribution in [0.5, 0.6) is 0 Å². The molecular weight excluding hydrogens is 152 g/mol. The second-order valence-electron chi connectivity index (χ2n) is 3.53. The van der Waals surface area contributed by atoms with Crippen molar-refractivity contribution in [1.29, 1.82) is 0 Å². The molecule has 0 spiro atoms. The van der Waals surface area contributed by atoms with E-state index in [2.05, 4.69) is 12.2 Å². The molecule has 1 heterocycles. The molecule has 1 saturated heterocycles. The lowest BCUT2D eigenvalue weighted by molar-refractivity contribution is 0.0158. The molecule has 0 radical (unpaired) electrons. The van der Waals surface area contributed by atoms with Gasteiger partial charge in [0.05, 0.1) is 6.10 Å². The van der Waals surface area contributed by atoms with Gasteiger partial charge >= 0.3 is 0 Å². The van der Waals surface area contributed by atoms with Crippen molar-refractivity contribution in [2.75, 3.05) is 19.7 Å². The van der Waals surface area contributed by atoms with Crippen LogP contribution in [0.3, 0.4) is 0 Å². The first-order chi connectivity index (χ1) is 5.83. The van der Waals surface area contributed by atoms with Crippen molar-refractivity contribution in [2.45, 2.75) is 38.3 Å². The number of hydrogen-bond acceptors (Lipinski definition) is 3. The van der Waals surface area contributed by atoms with Gasteiger partial charge in [-0.25, -0.2) is 0 Å². The van der Waals surface area contributed by atoms with Crippen molar-refractivity contribution in [3.8, 4) is 0 Å². The van der Waals surface area contributed by atoms with Crippen molar-refractivity contribution in [3.63, 3.8) is 0 Å². The van der Waals surface area contributed by atoms with E-state index in [1.807, 2.05) is 0 Å². The van der Waals surface area contributed by atoms with Gasteiger partial charge < -0.3 is 15.8 Å². The summed E-state index contributed by atoms with van der Waals surface area (Å²) in [5.41, 5.74) is 5.48.